The Labute approximate surface area is 181 Å². The van der Waals surface area contributed by atoms with E-state index in [0.717, 1.165) is 40.0 Å². The predicted octanol–water partition coefficient (Wildman–Crippen LogP) is 5.83. The SMILES string of the molecule is Cc1ccc(OCCn2cc(C=C3C(=O)Nc4ccccc43)c3ccccc32)cc1C. The van der Waals surface area contributed by atoms with E-state index in [1.54, 1.807) is 0 Å². The van der Waals surface area contributed by atoms with E-state index >= 15 is 0 Å². The summed E-state index contributed by atoms with van der Waals surface area (Å²) in [4.78, 5) is 12.6. The number of fused-ring (bicyclic) bond motifs is 2. The lowest BCUT2D eigenvalue weighted by Crippen LogP contribution is -2.07. The summed E-state index contributed by atoms with van der Waals surface area (Å²) in [6.45, 7) is 5.49. The van der Waals surface area contributed by atoms with Gasteiger partial charge in [-0.1, -0.05) is 42.5 Å². The van der Waals surface area contributed by atoms with Crippen LogP contribution in [0.5, 0.6) is 5.75 Å². The first-order valence-corrected chi connectivity index (χ1v) is 10.5. The maximum atomic E-state index is 12.6. The zero-order valence-corrected chi connectivity index (χ0v) is 17.7. The average Bonchev–Trinajstić information content (AvgIpc) is 3.28. The van der Waals surface area contributed by atoms with Gasteiger partial charge in [0.05, 0.1) is 6.54 Å². The Morgan fingerprint density at radius 3 is 2.65 bits per heavy atom. The predicted molar refractivity (Wildman–Crippen MR) is 126 cm³/mol. The normalized spacial score (nSPS) is 14.1. The van der Waals surface area contributed by atoms with Crippen molar-refractivity contribution in [1.82, 2.24) is 4.57 Å². The summed E-state index contributed by atoms with van der Waals surface area (Å²) in [7, 11) is 0. The molecule has 0 aliphatic carbocycles. The molecule has 4 heteroatoms. The van der Waals surface area contributed by atoms with E-state index in [-0.39, 0.29) is 5.91 Å². The molecule has 1 aromatic heterocycles. The van der Waals surface area contributed by atoms with Crippen LogP contribution in [0.25, 0.3) is 22.6 Å². The second kappa shape index (κ2) is 7.80. The molecular formula is C27H24N2O2. The molecule has 0 radical (unpaired) electrons. The van der Waals surface area contributed by atoms with Crippen molar-refractivity contribution in [1.29, 1.82) is 0 Å². The Morgan fingerprint density at radius 1 is 0.968 bits per heavy atom. The molecule has 0 bridgehead atoms. The van der Waals surface area contributed by atoms with Gasteiger partial charge >= 0.3 is 0 Å². The molecule has 5 rings (SSSR count). The van der Waals surface area contributed by atoms with Crippen molar-refractivity contribution in [2.24, 2.45) is 0 Å². The molecule has 3 aromatic carbocycles. The smallest absolute Gasteiger partial charge is 0.256 e. The lowest BCUT2D eigenvalue weighted by atomic mass is 10.0. The van der Waals surface area contributed by atoms with E-state index < -0.39 is 0 Å². The second-order valence-corrected chi connectivity index (χ2v) is 7.95. The van der Waals surface area contributed by atoms with Crippen LogP contribution in [0.2, 0.25) is 0 Å². The zero-order chi connectivity index (χ0) is 21.4. The highest BCUT2D eigenvalue weighted by Crippen LogP contribution is 2.34. The molecule has 0 spiro atoms. The quantitative estimate of drug-likeness (QED) is 0.422. The first-order chi connectivity index (χ1) is 15.1. The van der Waals surface area contributed by atoms with E-state index in [2.05, 4.69) is 54.2 Å². The summed E-state index contributed by atoms with van der Waals surface area (Å²) >= 11 is 0. The Morgan fingerprint density at radius 2 is 1.77 bits per heavy atom. The third-order valence-corrected chi connectivity index (χ3v) is 5.91. The largest absolute Gasteiger partial charge is 0.492 e. The lowest BCUT2D eigenvalue weighted by Gasteiger charge is -2.10. The molecule has 1 N–H and O–H groups in total. The van der Waals surface area contributed by atoms with Gasteiger partial charge in [-0.3, -0.25) is 4.79 Å². The number of ether oxygens (including phenoxy) is 1. The fourth-order valence-electron chi connectivity index (χ4n) is 4.08. The molecule has 154 valence electrons. The van der Waals surface area contributed by atoms with Crippen molar-refractivity contribution >= 4 is 34.1 Å². The molecule has 0 atom stereocenters. The van der Waals surface area contributed by atoms with Crippen molar-refractivity contribution in [3.8, 4) is 5.75 Å². The third kappa shape index (κ3) is 3.61. The van der Waals surface area contributed by atoms with Crippen molar-refractivity contribution < 1.29 is 9.53 Å². The summed E-state index contributed by atoms with van der Waals surface area (Å²) in [5, 5.41) is 4.07. The van der Waals surface area contributed by atoms with Crippen LogP contribution in [-0.2, 0) is 11.3 Å². The monoisotopic (exact) mass is 408 g/mol. The van der Waals surface area contributed by atoms with E-state index in [1.807, 2.05) is 48.5 Å². The molecule has 31 heavy (non-hydrogen) atoms. The van der Waals surface area contributed by atoms with Crippen LogP contribution in [0.15, 0.2) is 72.9 Å². The minimum atomic E-state index is -0.0592. The van der Waals surface area contributed by atoms with Crippen molar-refractivity contribution in [3.63, 3.8) is 0 Å². The number of nitrogens with one attached hydrogen (secondary N) is 1. The molecule has 0 fully saturated rings. The number of anilines is 1. The van der Waals surface area contributed by atoms with Gasteiger partial charge in [0, 0.05) is 39.5 Å². The number of para-hydroxylation sites is 2. The molecule has 1 amide bonds. The number of amides is 1. The van der Waals surface area contributed by atoms with E-state index in [9.17, 15) is 4.79 Å². The van der Waals surface area contributed by atoms with Crippen LogP contribution in [0.3, 0.4) is 0 Å². The van der Waals surface area contributed by atoms with Gasteiger partial charge in [0.2, 0.25) is 0 Å². The zero-order valence-electron chi connectivity index (χ0n) is 17.7. The van der Waals surface area contributed by atoms with Crippen LogP contribution in [0.4, 0.5) is 5.69 Å². The highest BCUT2D eigenvalue weighted by Gasteiger charge is 2.23. The van der Waals surface area contributed by atoms with Gasteiger partial charge < -0.3 is 14.6 Å². The molecule has 1 aliphatic heterocycles. The van der Waals surface area contributed by atoms with Gasteiger partial charge in [-0.05, 0) is 55.3 Å². The van der Waals surface area contributed by atoms with Crippen LogP contribution >= 0.6 is 0 Å². The lowest BCUT2D eigenvalue weighted by molar-refractivity contribution is -0.110. The fourth-order valence-corrected chi connectivity index (χ4v) is 4.08. The number of nitrogens with zero attached hydrogens (tertiary/aromatic N) is 1. The number of hydrogen-bond donors (Lipinski definition) is 1. The van der Waals surface area contributed by atoms with E-state index in [4.69, 9.17) is 4.74 Å². The molecule has 0 saturated heterocycles. The summed E-state index contributed by atoms with van der Waals surface area (Å²) in [5.74, 6) is 0.831. The third-order valence-electron chi connectivity index (χ3n) is 5.91. The Bertz CT molecular complexity index is 1330. The summed E-state index contributed by atoms with van der Waals surface area (Å²) in [6, 6.07) is 22.3. The standard InChI is InChI=1S/C27H24N2O2/c1-18-11-12-21(15-19(18)2)31-14-13-29-17-20(22-7-4-6-10-26(22)29)16-24-23-8-3-5-9-25(23)28-27(24)30/h3-12,15-17H,13-14H2,1-2H3,(H,28,30). The van der Waals surface area contributed by atoms with Gasteiger partial charge in [-0.2, -0.15) is 0 Å². The topological polar surface area (TPSA) is 43.3 Å². The van der Waals surface area contributed by atoms with Gasteiger partial charge in [0.15, 0.2) is 0 Å². The number of rotatable bonds is 5. The number of hydrogen-bond acceptors (Lipinski definition) is 2. The van der Waals surface area contributed by atoms with Crippen LogP contribution < -0.4 is 10.1 Å². The van der Waals surface area contributed by atoms with Crippen molar-refractivity contribution in [2.75, 3.05) is 11.9 Å². The highest BCUT2D eigenvalue weighted by molar-refractivity contribution is 6.35. The molecule has 0 saturated carbocycles. The van der Waals surface area contributed by atoms with Gasteiger partial charge in [-0.15, -0.1) is 0 Å². The first kappa shape index (κ1) is 19.2. The summed E-state index contributed by atoms with van der Waals surface area (Å²) in [5.41, 5.74) is 7.16. The van der Waals surface area contributed by atoms with Gasteiger partial charge in [-0.25, -0.2) is 0 Å². The average molecular weight is 409 g/mol. The number of aryl methyl sites for hydroxylation is 2. The molecule has 1 aliphatic rings. The van der Waals surface area contributed by atoms with Gasteiger partial charge in [0.1, 0.15) is 12.4 Å². The number of carbonyl (C=O) groups is 1. The van der Waals surface area contributed by atoms with E-state index in [1.165, 1.54) is 11.1 Å². The first-order valence-electron chi connectivity index (χ1n) is 10.5. The van der Waals surface area contributed by atoms with E-state index in [0.29, 0.717) is 12.2 Å². The van der Waals surface area contributed by atoms with Crippen LogP contribution in [0, 0.1) is 13.8 Å². The molecule has 4 aromatic rings. The minimum absolute atomic E-state index is 0.0592. The van der Waals surface area contributed by atoms with Gasteiger partial charge in [0.25, 0.3) is 5.91 Å². The van der Waals surface area contributed by atoms with Crippen LogP contribution in [0.1, 0.15) is 22.3 Å². The van der Waals surface area contributed by atoms with Crippen molar-refractivity contribution in [2.45, 2.75) is 20.4 Å². The molecular weight excluding hydrogens is 384 g/mol. The number of benzene rings is 3. The molecule has 2 heterocycles. The molecule has 4 nitrogen and oxygen atoms in total. The maximum Gasteiger partial charge on any atom is 0.256 e. The second-order valence-electron chi connectivity index (χ2n) is 7.95. The Hall–Kier alpha value is -3.79. The number of carbonyl (C=O) groups excluding carboxylic acids is 1. The fraction of sp³-hybridized carbons (Fsp3) is 0.148. The Balaban J connectivity index is 1.43. The number of aromatic nitrogens is 1. The highest BCUT2D eigenvalue weighted by atomic mass is 16.5. The summed E-state index contributed by atoms with van der Waals surface area (Å²) in [6.07, 6.45) is 4.10. The summed E-state index contributed by atoms with van der Waals surface area (Å²) < 4.78 is 8.20. The minimum Gasteiger partial charge on any atom is -0.492 e. The van der Waals surface area contributed by atoms with Crippen LogP contribution in [-0.4, -0.2) is 17.1 Å². The Kier molecular flexibility index (Phi) is 4.83. The maximum absolute atomic E-state index is 12.6. The molecule has 0 unspecified atom stereocenters. The van der Waals surface area contributed by atoms with Crippen molar-refractivity contribution in [3.05, 3.63) is 95.2 Å².